The topological polar surface area (TPSA) is 52.0 Å². The number of sulfone groups is 1. The highest BCUT2D eigenvalue weighted by Crippen LogP contribution is 2.21. The van der Waals surface area contributed by atoms with Crippen molar-refractivity contribution < 1.29 is 8.42 Å². The molecule has 86 valence electrons. The molecule has 0 N–H and O–H groups in total. The molecule has 1 aromatic rings. The third-order valence-electron chi connectivity index (χ3n) is 2.34. The molecule has 0 aliphatic carbocycles. The Labute approximate surface area is 95.2 Å². The van der Waals surface area contributed by atoms with Crippen molar-refractivity contribution in [2.45, 2.75) is 37.3 Å². The van der Waals surface area contributed by atoms with Crippen LogP contribution in [-0.4, -0.2) is 24.2 Å². The number of nitrogens with zero attached hydrogens (tertiary/aromatic N) is 2. The van der Waals surface area contributed by atoms with Crippen LogP contribution in [0.15, 0.2) is 11.4 Å². The van der Waals surface area contributed by atoms with Gasteiger partial charge in [-0.25, -0.2) is 13.4 Å². The van der Waals surface area contributed by atoms with Crippen LogP contribution in [0.4, 0.5) is 0 Å². The van der Waals surface area contributed by atoms with Crippen molar-refractivity contribution in [2.75, 3.05) is 6.26 Å². The van der Waals surface area contributed by atoms with Crippen LogP contribution in [0.3, 0.4) is 0 Å². The van der Waals surface area contributed by atoms with E-state index in [1.54, 1.807) is 4.57 Å². The maximum absolute atomic E-state index is 11.5. The summed E-state index contributed by atoms with van der Waals surface area (Å²) in [6, 6.07) is 0.0889. The molecule has 0 saturated carbocycles. The minimum Gasteiger partial charge on any atom is -0.315 e. The van der Waals surface area contributed by atoms with E-state index in [1.807, 2.05) is 13.8 Å². The molecule has 1 unspecified atom stereocenters. The number of hydrogen-bond acceptors (Lipinski definition) is 3. The standard InChI is InChI=1S/C9H15ClN2O2S/c1-4-7(2)12-8(5-10)6-11-9(12)15(3,13)14/h6-7H,4-5H2,1-3H3. The van der Waals surface area contributed by atoms with Crippen molar-refractivity contribution in [1.29, 1.82) is 0 Å². The fraction of sp³-hybridized carbons (Fsp3) is 0.667. The molecule has 0 fully saturated rings. The predicted molar refractivity (Wildman–Crippen MR) is 59.9 cm³/mol. The zero-order chi connectivity index (χ0) is 11.6. The predicted octanol–water partition coefficient (Wildman–Crippen LogP) is 2.00. The molecule has 6 heteroatoms. The Morgan fingerprint density at radius 1 is 1.60 bits per heavy atom. The first-order valence-electron chi connectivity index (χ1n) is 4.74. The minimum absolute atomic E-state index is 0.0889. The number of aromatic nitrogens is 2. The van der Waals surface area contributed by atoms with Crippen LogP contribution < -0.4 is 0 Å². The van der Waals surface area contributed by atoms with E-state index >= 15 is 0 Å². The lowest BCUT2D eigenvalue weighted by Crippen LogP contribution is -2.14. The van der Waals surface area contributed by atoms with Gasteiger partial charge in [0.25, 0.3) is 0 Å². The second-order valence-corrected chi connectivity index (χ2v) is 5.74. The first kappa shape index (κ1) is 12.5. The highest BCUT2D eigenvalue weighted by Gasteiger charge is 2.20. The second-order valence-electron chi connectivity index (χ2n) is 3.57. The zero-order valence-corrected chi connectivity index (χ0v) is 10.6. The van der Waals surface area contributed by atoms with E-state index in [4.69, 9.17) is 11.6 Å². The van der Waals surface area contributed by atoms with Crippen LogP contribution in [0.25, 0.3) is 0 Å². The summed E-state index contributed by atoms with van der Waals surface area (Å²) in [4.78, 5) is 3.92. The van der Waals surface area contributed by atoms with Gasteiger partial charge in [-0.3, -0.25) is 0 Å². The molecule has 0 radical (unpaired) electrons. The molecule has 1 atom stereocenters. The largest absolute Gasteiger partial charge is 0.315 e. The van der Waals surface area contributed by atoms with E-state index in [9.17, 15) is 8.42 Å². The third kappa shape index (κ3) is 2.52. The maximum atomic E-state index is 11.5. The minimum atomic E-state index is -3.28. The Morgan fingerprint density at radius 3 is 2.60 bits per heavy atom. The van der Waals surface area contributed by atoms with Gasteiger partial charge in [0, 0.05) is 12.3 Å². The summed E-state index contributed by atoms with van der Waals surface area (Å²) in [5.74, 6) is 0.271. The molecule has 1 rings (SSSR count). The Morgan fingerprint density at radius 2 is 2.20 bits per heavy atom. The van der Waals surface area contributed by atoms with Crippen LogP contribution in [0, 0.1) is 0 Å². The molecule has 0 bridgehead atoms. The van der Waals surface area contributed by atoms with Gasteiger partial charge in [0.2, 0.25) is 15.0 Å². The van der Waals surface area contributed by atoms with Gasteiger partial charge in [-0.2, -0.15) is 0 Å². The first-order valence-corrected chi connectivity index (χ1v) is 7.16. The van der Waals surface area contributed by atoms with Crippen LogP contribution >= 0.6 is 11.6 Å². The molecule has 0 aliphatic rings. The Bertz CT molecular complexity index is 439. The van der Waals surface area contributed by atoms with Gasteiger partial charge >= 0.3 is 0 Å². The molecule has 0 aromatic carbocycles. The molecule has 1 heterocycles. The second kappa shape index (κ2) is 4.53. The normalized spacial score (nSPS) is 14.1. The SMILES string of the molecule is CCC(C)n1c(CCl)cnc1S(C)(=O)=O. The van der Waals surface area contributed by atoms with Crippen molar-refractivity contribution in [3.05, 3.63) is 11.9 Å². The summed E-state index contributed by atoms with van der Waals surface area (Å²) in [7, 11) is -3.28. The number of alkyl halides is 1. The highest BCUT2D eigenvalue weighted by atomic mass is 35.5. The fourth-order valence-corrected chi connectivity index (χ4v) is 2.50. The summed E-state index contributed by atoms with van der Waals surface area (Å²) >= 11 is 5.74. The highest BCUT2D eigenvalue weighted by molar-refractivity contribution is 7.90. The van der Waals surface area contributed by atoms with E-state index in [-0.39, 0.29) is 17.1 Å². The lowest BCUT2D eigenvalue weighted by atomic mass is 10.2. The smallest absolute Gasteiger partial charge is 0.227 e. The monoisotopic (exact) mass is 250 g/mol. The van der Waals surface area contributed by atoms with Crippen LogP contribution in [0.5, 0.6) is 0 Å². The average molecular weight is 251 g/mol. The summed E-state index contributed by atoms with van der Waals surface area (Å²) < 4.78 is 24.7. The van der Waals surface area contributed by atoms with Crippen molar-refractivity contribution in [1.82, 2.24) is 9.55 Å². The van der Waals surface area contributed by atoms with Crippen LogP contribution in [-0.2, 0) is 15.7 Å². The molecular weight excluding hydrogens is 236 g/mol. The van der Waals surface area contributed by atoms with Gasteiger partial charge in [0.1, 0.15) is 0 Å². The van der Waals surface area contributed by atoms with Crippen LogP contribution in [0.1, 0.15) is 32.0 Å². The number of hydrogen-bond donors (Lipinski definition) is 0. The summed E-state index contributed by atoms with van der Waals surface area (Å²) in [6.45, 7) is 3.95. The maximum Gasteiger partial charge on any atom is 0.227 e. The lowest BCUT2D eigenvalue weighted by molar-refractivity contribution is 0.469. The third-order valence-corrected chi connectivity index (χ3v) is 3.58. The summed E-state index contributed by atoms with van der Waals surface area (Å²) in [5.41, 5.74) is 0.742. The molecular formula is C9H15ClN2O2S. The van der Waals surface area contributed by atoms with Gasteiger partial charge in [-0.1, -0.05) is 6.92 Å². The van der Waals surface area contributed by atoms with Gasteiger partial charge in [-0.05, 0) is 13.3 Å². The molecule has 4 nitrogen and oxygen atoms in total. The molecule has 0 aliphatic heterocycles. The molecule has 0 saturated heterocycles. The van der Waals surface area contributed by atoms with Gasteiger partial charge < -0.3 is 4.57 Å². The lowest BCUT2D eigenvalue weighted by Gasteiger charge is -2.16. The van der Waals surface area contributed by atoms with Crippen molar-refractivity contribution in [3.8, 4) is 0 Å². The zero-order valence-electron chi connectivity index (χ0n) is 9.07. The van der Waals surface area contributed by atoms with Gasteiger partial charge in [-0.15, -0.1) is 11.6 Å². The van der Waals surface area contributed by atoms with Gasteiger partial charge in [0.05, 0.1) is 17.8 Å². The van der Waals surface area contributed by atoms with E-state index in [2.05, 4.69) is 4.98 Å². The molecule has 1 aromatic heterocycles. The molecule has 0 amide bonds. The first-order chi connectivity index (χ1) is 6.91. The summed E-state index contributed by atoms with van der Waals surface area (Å²) in [5, 5.41) is 0.104. The van der Waals surface area contributed by atoms with Crippen LogP contribution in [0.2, 0.25) is 0 Å². The fourth-order valence-electron chi connectivity index (χ4n) is 1.40. The van der Waals surface area contributed by atoms with E-state index in [1.165, 1.54) is 6.20 Å². The number of halogens is 1. The molecule has 15 heavy (non-hydrogen) atoms. The summed E-state index contributed by atoms with van der Waals surface area (Å²) in [6.07, 6.45) is 3.52. The van der Waals surface area contributed by atoms with Crippen molar-refractivity contribution in [2.24, 2.45) is 0 Å². The molecule has 0 spiro atoms. The van der Waals surface area contributed by atoms with E-state index < -0.39 is 9.84 Å². The Kier molecular flexibility index (Phi) is 3.78. The number of imidazole rings is 1. The van der Waals surface area contributed by atoms with E-state index in [0.717, 1.165) is 18.4 Å². The quantitative estimate of drug-likeness (QED) is 0.768. The van der Waals surface area contributed by atoms with Gasteiger partial charge in [0.15, 0.2) is 0 Å². The Balaban J connectivity index is 3.36. The van der Waals surface area contributed by atoms with E-state index in [0.29, 0.717) is 0 Å². The average Bonchev–Trinajstić information content (AvgIpc) is 2.59. The van der Waals surface area contributed by atoms with Crippen molar-refractivity contribution in [3.63, 3.8) is 0 Å². The Hall–Kier alpha value is -0.550. The van der Waals surface area contributed by atoms with Crippen molar-refractivity contribution >= 4 is 21.4 Å². The number of rotatable bonds is 4.